The van der Waals surface area contributed by atoms with Crippen molar-refractivity contribution in [3.8, 4) is 5.75 Å². The number of nitrogens with one attached hydrogen (secondary N) is 1. The maximum atomic E-state index is 13.0. The van der Waals surface area contributed by atoms with Crippen LogP contribution in [0, 0.1) is 5.92 Å². The predicted molar refractivity (Wildman–Crippen MR) is 164 cm³/mol. The van der Waals surface area contributed by atoms with E-state index in [1.807, 2.05) is 96.8 Å². The van der Waals surface area contributed by atoms with E-state index < -0.39 is 12.0 Å². The number of likely N-dealkylation sites (tertiary alicyclic amines) is 1. The van der Waals surface area contributed by atoms with E-state index in [4.69, 9.17) is 9.47 Å². The molecule has 0 aliphatic carbocycles. The number of carbonyl (C=O) groups excluding carboxylic acids is 3. The van der Waals surface area contributed by atoms with Crippen LogP contribution in [0.15, 0.2) is 84.9 Å². The largest absolute Gasteiger partial charge is 0.489 e. The first kappa shape index (κ1) is 31.7. The summed E-state index contributed by atoms with van der Waals surface area (Å²) < 4.78 is 10.8. The van der Waals surface area contributed by atoms with E-state index in [9.17, 15) is 14.4 Å². The van der Waals surface area contributed by atoms with Gasteiger partial charge in [0.2, 0.25) is 11.8 Å². The molecular formula is C33H40N2O5S. The lowest BCUT2D eigenvalue weighted by Crippen LogP contribution is -2.45. The molecule has 1 saturated heterocycles. The molecular weight excluding hydrogens is 536 g/mol. The van der Waals surface area contributed by atoms with Gasteiger partial charge in [-0.3, -0.25) is 9.59 Å². The Morgan fingerprint density at radius 1 is 0.878 bits per heavy atom. The maximum absolute atomic E-state index is 13.0. The molecule has 0 unspecified atom stereocenters. The fraction of sp³-hybridized carbons (Fsp3) is 0.364. The maximum Gasteiger partial charge on any atom is 0.328 e. The van der Waals surface area contributed by atoms with Crippen molar-refractivity contribution in [1.29, 1.82) is 0 Å². The second-order valence-electron chi connectivity index (χ2n) is 10.4. The van der Waals surface area contributed by atoms with E-state index in [2.05, 4.69) is 5.32 Å². The van der Waals surface area contributed by atoms with Crippen LogP contribution in [-0.2, 0) is 32.1 Å². The van der Waals surface area contributed by atoms with Crippen LogP contribution in [0.5, 0.6) is 5.75 Å². The second kappa shape index (κ2) is 15.9. The Labute approximate surface area is 249 Å². The van der Waals surface area contributed by atoms with Crippen molar-refractivity contribution in [3.63, 3.8) is 0 Å². The molecule has 0 radical (unpaired) electrons. The third-order valence-electron chi connectivity index (χ3n) is 7.50. The van der Waals surface area contributed by atoms with Crippen molar-refractivity contribution in [2.24, 2.45) is 5.92 Å². The number of amides is 2. The molecule has 2 amide bonds. The van der Waals surface area contributed by atoms with Crippen LogP contribution in [0.25, 0.3) is 0 Å². The number of esters is 1. The van der Waals surface area contributed by atoms with Gasteiger partial charge in [-0.15, -0.1) is 0 Å². The van der Waals surface area contributed by atoms with Crippen molar-refractivity contribution >= 4 is 31.3 Å². The van der Waals surface area contributed by atoms with Gasteiger partial charge < -0.3 is 19.7 Å². The summed E-state index contributed by atoms with van der Waals surface area (Å²) in [5.74, 6) is 0.168. The Kier molecular flexibility index (Phi) is 12.3. The summed E-state index contributed by atoms with van der Waals surface area (Å²) in [6.07, 6.45) is 2.15. The van der Waals surface area contributed by atoms with E-state index in [1.165, 1.54) is 7.11 Å². The number of nitrogens with zero attached hydrogens (tertiary/aromatic N) is 1. The highest BCUT2D eigenvalue weighted by atomic mass is 32.1. The number of benzene rings is 3. The number of rotatable bonds is 11. The molecule has 8 heteroatoms. The van der Waals surface area contributed by atoms with Gasteiger partial charge in [-0.25, -0.2) is 4.79 Å². The summed E-state index contributed by atoms with van der Waals surface area (Å²) in [5.41, 5.74) is 2.98. The average Bonchev–Trinajstić information content (AvgIpc) is 3.00. The molecule has 218 valence electrons. The summed E-state index contributed by atoms with van der Waals surface area (Å²) in [6, 6.07) is 26.5. The summed E-state index contributed by atoms with van der Waals surface area (Å²) >= 11 is 0. The lowest BCUT2D eigenvalue weighted by Gasteiger charge is -2.33. The summed E-state index contributed by atoms with van der Waals surface area (Å²) in [6.45, 7) is 3.68. The zero-order valence-electron chi connectivity index (χ0n) is 23.8. The first-order valence-corrected chi connectivity index (χ1v) is 13.9. The molecule has 0 saturated carbocycles. The summed E-state index contributed by atoms with van der Waals surface area (Å²) in [7, 11) is 1.32. The molecule has 0 spiro atoms. The molecule has 3 aromatic carbocycles. The zero-order valence-corrected chi connectivity index (χ0v) is 24.8. The smallest absolute Gasteiger partial charge is 0.328 e. The summed E-state index contributed by atoms with van der Waals surface area (Å²) in [4.78, 5) is 40.2. The Morgan fingerprint density at radius 2 is 1.49 bits per heavy atom. The van der Waals surface area contributed by atoms with Gasteiger partial charge in [-0.2, -0.15) is 13.5 Å². The van der Waals surface area contributed by atoms with Crippen LogP contribution >= 0.6 is 13.5 Å². The van der Waals surface area contributed by atoms with Crippen LogP contribution in [-0.4, -0.2) is 48.9 Å². The van der Waals surface area contributed by atoms with Crippen LogP contribution in [0.3, 0.4) is 0 Å². The molecule has 1 aliphatic rings. The van der Waals surface area contributed by atoms with E-state index in [0.717, 1.165) is 35.3 Å². The van der Waals surface area contributed by atoms with Crippen LogP contribution in [0.1, 0.15) is 48.8 Å². The van der Waals surface area contributed by atoms with Gasteiger partial charge in [0.15, 0.2) is 0 Å². The molecule has 7 nitrogen and oxygen atoms in total. The van der Waals surface area contributed by atoms with Crippen molar-refractivity contribution in [2.45, 2.75) is 51.2 Å². The summed E-state index contributed by atoms with van der Waals surface area (Å²) in [5, 5.41) is 2.87. The predicted octanol–water partition coefficient (Wildman–Crippen LogP) is 5.01. The molecule has 1 aliphatic heterocycles. The van der Waals surface area contributed by atoms with E-state index >= 15 is 0 Å². The highest BCUT2D eigenvalue weighted by Crippen LogP contribution is 2.25. The third kappa shape index (κ3) is 9.39. The lowest BCUT2D eigenvalue weighted by molar-refractivity contribution is -0.145. The Morgan fingerprint density at radius 3 is 2.10 bits per heavy atom. The van der Waals surface area contributed by atoms with E-state index in [0.29, 0.717) is 32.5 Å². The average molecular weight is 577 g/mol. The fourth-order valence-electron chi connectivity index (χ4n) is 5.06. The Hall–Kier alpha value is -3.78. The highest BCUT2D eigenvalue weighted by Gasteiger charge is 2.29. The van der Waals surface area contributed by atoms with Gasteiger partial charge in [0.1, 0.15) is 18.4 Å². The monoisotopic (exact) mass is 576 g/mol. The molecule has 0 bridgehead atoms. The van der Waals surface area contributed by atoms with Gasteiger partial charge in [0, 0.05) is 25.9 Å². The number of methoxy groups -OCH3 is 1. The second-order valence-corrected chi connectivity index (χ2v) is 10.4. The van der Waals surface area contributed by atoms with Crippen molar-refractivity contribution in [1.82, 2.24) is 10.2 Å². The molecule has 1 fully saturated rings. The lowest BCUT2D eigenvalue weighted by atomic mass is 9.91. The van der Waals surface area contributed by atoms with Gasteiger partial charge in [-0.1, -0.05) is 72.8 Å². The first-order valence-electron chi connectivity index (χ1n) is 13.9. The Bertz CT molecular complexity index is 1250. The van der Waals surface area contributed by atoms with Gasteiger partial charge >= 0.3 is 5.97 Å². The van der Waals surface area contributed by atoms with Crippen LogP contribution in [0.2, 0.25) is 0 Å². The van der Waals surface area contributed by atoms with Crippen molar-refractivity contribution in [2.75, 3.05) is 20.2 Å². The van der Waals surface area contributed by atoms with E-state index in [1.54, 1.807) is 0 Å². The van der Waals surface area contributed by atoms with Gasteiger partial charge in [-0.05, 0) is 54.5 Å². The normalized spacial score (nSPS) is 14.7. The minimum Gasteiger partial charge on any atom is -0.489 e. The molecule has 0 aromatic heterocycles. The minimum absolute atomic E-state index is 0. The molecule has 2 atom stereocenters. The van der Waals surface area contributed by atoms with Gasteiger partial charge in [0.05, 0.1) is 13.0 Å². The SMILES string of the molecule is COC(=O)[C@H](Cc1ccc(OCc2ccccc2)cc1)NC(=O)CC1CCN(C(=O)[C@@H](C)c2ccccc2)CC1.S. The van der Waals surface area contributed by atoms with E-state index in [-0.39, 0.29) is 37.1 Å². The number of piperidine rings is 1. The fourth-order valence-corrected chi connectivity index (χ4v) is 5.06. The molecule has 41 heavy (non-hydrogen) atoms. The minimum atomic E-state index is -0.776. The number of carbonyl (C=O) groups is 3. The van der Waals surface area contributed by atoms with Crippen LogP contribution in [0.4, 0.5) is 0 Å². The topological polar surface area (TPSA) is 84.9 Å². The third-order valence-corrected chi connectivity index (χ3v) is 7.50. The zero-order chi connectivity index (χ0) is 28.3. The first-order chi connectivity index (χ1) is 19.4. The number of ether oxygens (including phenoxy) is 2. The molecule has 4 rings (SSSR count). The van der Waals surface area contributed by atoms with Crippen molar-refractivity contribution in [3.05, 3.63) is 102 Å². The standard InChI is InChI=1S/C33H38N2O5.H2S/c1-24(28-11-7-4-8-12-28)32(37)35-19-17-26(18-20-35)22-31(36)34-30(33(38)39-2)21-25-13-15-29(16-14-25)40-23-27-9-5-3-6-10-27;/h3-16,24,26,30H,17-23H2,1-2H3,(H,34,36);1H2/t24-,30-;/m0./s1. The number of hydrogen-bond donors (Lipinski definition) is 1. The Balaban J connectivity index is 0.00000462. The molecule has 1 heterocycles. The van der Waals surface area contributed by atoms with Crippen LogP contribution < -0.4 is 10.1 Å². The van der Waals surface area contributed by atoms with Crippen molar-refractivity contribution < 1.29 is 23.9 Å². The molecule has 1 N–H and O–H groups in total. The number of hydrogen-bond acceptors (Lipinski definition) is 5. The van der Waals surface area contributed by atoms with Gasteiger partial charge in [0.25, 0.3) is 0 Å². The quantitative estimate of drug-likeness (QED) is 0.325. The highest BCUT2D eigenvalue weighted by molar-refractivity contribution is 7.59. The molecule has 3 aromatic rings.